The summed E-state index contributed by atoms with van der Waals surface area (Å²) in [4.78, 5) is 17.2. The highest BCUT2D eigenvalue weighted by atomic mass is 16.2. The van der Waals surface area contributed by atoms with Crippen molar-refractivity contribution in [2.75, 3.05) is 37.6 Å². The fourth-order valence-corrected chi connectivity index (χ4v) is 3.96. The number of carbonyl (C=O) groups excluding carboxylic acids is 1. The molecule has 1 aliphatic carbocycles. The summed E-state index contributed by atoms with van der Waals surface area (Å²) in [7, 11) is 0. The molecule has 0 aromatic heterocycles. The number of hydrogen-bond acceptors (Lipinski definition) is 3. The molecule has 1 saturated heterocycles. The fraction of sp³-hybridized carbons (Fsp3) is 0.611. The van der Waals surface area contributed by atoms with Crippen LogP contribution in [0.5, 0.6) is 0 Å². The number of carbonyl (C=O) groups is 1. The summed E-state index contributed by atoms with van der Waals surface area (Å²) in [6.07, 6.45) is 3.30. The minimum Gasteiger partial charge on any atom is -0.368 e. The molecule has 2 fully saturated rings. The molecule has 1 aliphatic heterocycles. The van der Waals surface area contributed by atoms with Crippen molar-refractivity contribution >= 4 is 11.6 Å². The van der Waals surface area contributed by atoms with Crippen LogP contribution < -0.4 is 10.6 Å². The summed E-state index contributed by atoms with van der Waals surface area (Å²) in [5, 5.41) is 0. The predicted octanol–water partition coefficient (Wildman–Crippen LogP) is 2.02. The zero-order valence-electron chi connectivity index (χ0n) is 13.5. The normalized spacial score (nSPS) is 25.5. The highest BCUT2D eigenvalue weighted by Gasteiger charge is 2.35. The van der Waals surface area contributed by atoms with E-state index in [1.54, 1.807) is 0 Å². The third-order valence-corrected chi connectivity index (χ3v) is 5.33. The molecule has 0 unspecified atom stereocenters. The highest BCUT2D eigenvalue weighted by molar-refractivity contribution is 5.80. The number of aryl methyl sites for hydroxylation is 1. The van der Waals surface area contributed by atoms with Gasteiger partial charge in [-0.25, -0.2) is 0 Å². The van der Waals surface area contributed by atoms with Gasteiger partial charge in [0.1, 0.15) is 0 Å². The molecule has 22 heavy (non-hydrogen) atoms. The third-order valence-electron chi connectivity index (χ3n) is 5.33. The number of amides is 1. The lowest BCUT2D eigenvalue weighted by atomic mass is 9.94. The third kappa shape index (κ3) is 2.98. The zero-order valence-corrected chi connectivity index (χ0v) is 13.5. The Bertz CT molecular complexity index is 523. The summed E-state index contributed by atoms with van der Waals surface area (Å²) >= 11 is 0. The molecular weight excluding hydrogens is 274 g/mol. The first-order valence-corrected chi connectivity index (χ1v) is 8.50. The molecule has 3 rings (SSSR count). The monoisotopic (exact) mass is 301 g/mol. The van der Waals surface area contributed by atoms with Crippen molar-refractivity contribution in [1.82, 2.24) is 4.90 Å². The fourth-order valence-electron chi connectivity index (χ4n) is 3.96. The first-order valence-electron chi connectivity index (χ1n) is 8.50. The second kappa shape index (κ2) is 6.69. The van der Waals surface area contributed by atoms with Gasteiger partial charge in [0.15, 0.2) is 0 Å². The van der Waals surface area contributed by atoms with Crippen LogP contribution in [0.1, 0.15) is 24.8 Å². The van der Waals surface area contributed by atoms with E-state index in [2.05, 4.69) is 41.0 Å². The maximum Gasteiger partial charge on any atom is 0.226 e. The van der Waals surface area contributed by atoms with E-state index in [0.29, 0.717) is 18.4 Å². The molecule has 1 heterocycles. The maximum atomic E-state index is 12.7. The molecule has 0 radical (unpaired) electrons. The maximum absolute atomic E-state index is 12.7. The lowest BCUT2D eigenvalue weighted by molar-refractivity contribution is -0.136. The van der Waals surface area contributed by atoms with Gasteiger partial charge in [0.2, 0.25) is 5.91 Å². The summed E-state index contributed by atoms with van der Waals surface area (Å²) in [5.74, 6) is 0.925. The molecule has 4 nitrogen and oxygen atoms in total. The Kier molecular flexibility index (Phi) is 4.67. The topological polar surface area (TPSA) is 49.6 Å². The van der Waals surface area contributed by atoms with Crippen LogP contribution in [0, 0.1) is 18.8 Å². The van der Waals surface area contributed by atoms with Crippen LogP contribution in [-0.4, -0.2) is 43.5 Å². The first kappa shape index (κ1) is 15.3. The van der Waals surface area contributed by atoms with Crippen molar-refractivity contribution in [3.05, 3.63) is 29.8 Å². The lowest BCUT2D eigenvalue weighted by Gasteiger charge is -2.38. The zero-order chi connectivity index (χ0) is 15.5. The van der Waals surface area contributed by atoms with Crippen molar-refractivity contribution in [2.45, 2.75) is 26.2 Å². The Morgan fingerprint density at radius 2 is 1.91 bits per heavy atom. The molecular formula is C18H27N3O. The number of nitrogens with zero attached hydrogens (tertiary/aromatic N) is 2. The minimum atomic E-state index is 0.176. The average molecular weight is 301 g/mol. The minimum absolute atomic E-state index is 0.176. The number of benzene rings is 1. The van der Waals surface area contributed by atoms with Crippen LogP contribution in [-0.2, 0) is 4.79 Å². The Morgan fingerprint density at radius 3 is 2.59 bits per heavy atom. The van der Waals surface area contributed by atoms with E-state index in [1.165, 1.54) is 11.3 Å². The van der Waals surface area contributed by atoms with Crippen LogP contribution in [0.25, 0.3) is 0 Å². The Balaban J connectivity index is 1.60. The summed E-state index contributed by atoms with van der Waals surface area (Å²) in [5.41, 5.74) is 8.44. The van der Waals surface area contributed by atoms with E-state index < -0.39 is 0 Å². The molecule has 120 valence electrons. The van der Waals surface area contributed by atoms with Crippen molar-refractivity contribution in [3.8, 4) is 0 Å². The van der Waals surface area contributed by atoms with Crippen molar-refractivity contribution in [2.24, 2.45) is 17.6 Å². The van der Waals surface area contributed by atoms with E-state index in [9.17, 15) is 4.79 Å². The van der Waals surface area contributed by atoms with Crippen molar-refractivity contribution < 1.29 is 4.79 Å². The van der Waals surface area contributed by atoms with Gasteiger partial charge < -0.3 is 15.5 Å². The number of hydrogen-bond donors (Lipinski definition) is 1. The molecule has 2 atom stereocenters. The van der Waals surface area contributed by atoms with E-state index in [4.69, 9.17) is 5.73 Å². The largest absolute Gasteiger partial charge is 0.368 e. The van der Waals surface area contributed by atoms with E-state index in [-0.39, 0.29) is 5.92 Å². The molecule has 1 aromatic carbocycles. The number of anilines is 1. The SMILES string of the molecule is Cc1ccccc1N1CCN(C(=O)[C@@H]2CCC[C@@H]2CN)CC1. The molecule has 0 bridgehead atoms. The first-order chi connectivity index (χ1) is 10.7. The van der Waals surface area contributed by atoms with Gasteiger partial charge in [0.25, 0.3) is 0 Å². The van der Waals surface area contributed by atoms with Crippen LogP contribution in [0.15, 0.2) is 24.3 Å². The van der Waals surface area contributed by atoms with Gasteiger partial charge in [-0.3, -0.25) is 4.79 Å². The van der Waals surface area contributed by atoms with E-state index >= 15 is 0 Å². The van der Waals surface area contributed by atoms with Crippen LogP contribution >= 0.6 is 0 Å². The summed E-state index contributed by atoms with van der Waals surface area (Å²) < 4.78 is 0. The Hall–Kier alpha value is -1.55. The molecule has 2 N–H and O–H groups in total. The van der Waals surface area contributed by atoms with Gasteiger partial charge in [-0.1, -0.05) is 24.6 Å². The van der Waals surface area contributed by atoms with Gasteiger partial charge >= 0.3 is 0 Å². The van der Waals surface area contributed by atoms with Crippen LogP contribution in [0.3, 0.4) is 0 Å². The second-order valence-corrected chi connectivity index (χ2v) is 6.63. The quantitative estimate of drug-likeness (QED) is 0.929. The van der Waals surface area contributed by atoms with E-state index in [1.807, 2.05) is 0 Å². The lowest BCUT2D eigenvalue weighted by Crippen LogP contribution is -2.51. The highest BCUT2D eigenvalue weighted by Crippen LogP contribution is 2.33. The van der Waals surface area contributed by atoms with Gasteiger partial charge in [0, 0.05) is 37.8 Å². The summed E-state index contributed by atoms with van der Waals surface area (Å²) in [6, 6.07) is 8.49. The second-order valence-electron chi connectivity index (χ2n) is 6.63. The van der Waals surface area contributed by atoms with Crippen molar-refractivity contribution in [1.29, 1.82) is 0 Å². The van der Waals surface area contributed by atoms with E-state index in [0.717, 1.165) is 45.4 Å². The van der Waals surface area contributed by atoms with Gasteiger partial charge in [0.05, 0.1) is 0 Å². The number of nitrogens with two attached hydrogens (primary N) is 1. The molecule has 4 heteroatoms. The molecule has 1 amide bonds. The number of piperazine rings is 1. The van der Waals surface area contributed by atoms with Crippen molar-refractivity contribution in [3.63, 3.8) is 0 Å². The molecule has 0 spiro atoms. The van der Waals surface area contributed by atoms with Gasteiger partial charge in [-0.15, -0.1) is 0 Å². The van der Waals surface area contributed by atoms with Crippen LogP contribution in [0.4, 0.5) is 5.69 Å². The molecule has 2 aliphatic rings. The average Bonchev–Trinajstić information content (AvgIpc) is 3.03. The standard InChI is InChI=1S/C18H27N3O/c1-14-5-2-3-8-17(14)20-9-11-21(12-10-20)18(22)16-7-4-6-15(16)13-19/h2-3,5,8,15-16H,4,6-7,9-13,19H2,1H3/t15-,16-/m1/s1. The smallest absolute Gasteiger partial charge is 0.226 e. The predicted molar refractivity (Wildman–Crippen MR) is 89.9 cm³/mol. The Morgan fingerprint density at radius 1 is 1.18 bits per heavy atom. The van der Waals surface area contributed by atoms with Gasteiger partial charge in [-0.05, 0) is 43.9 Å². The Labute approximate surface area is 133 Å². The number of para-hydroxylation sites is 1. The van der Waals surface area contributed by atoms with Crippen LogP contribution in [0.2, 0.25) is 0 Å². The molecule has 1 saturated carbocycles. The molecule has 1 aromatic rings. The summed E-state index contributed by atoms with van der Waals surface area (Å²) in [6.45, 7) is 6.33. The van der Waals surface area contributed by atoms with Gasteiger partial charge in [-0.2, -0.15) is 0 Å². The number of rotatable bonds is 3.